The molecule has 4 rings (SSSR count). The van der Waals surface area contributed by atoms with Crippen LogP contribution in [0, 0.1) is 0 Å². The molecule has 0 spiro atoms. The van der Waals surface area contributed by atoms with Gasteiger partial charge in [0, 0.05) is 29.0 Å². The fourth-order valence-electron chi connectivity index (χ4n) is 2.95. The first-order valence-corrected chi connectivity index (χ1v) is 9.06. The Kier molecular flexibility index (Phi) is 4.64. The number of carbonyl (C=O) groups excluding carboxylic acids is 1. The van der Waals surface area contributed by atoms with Crippen LogP contribution in [0.25, 0.3) is 16.6 Å². The first kappa shape index (κ1) is 17.6. The van der Waals surface area contributed by atoms with E-state index in [1.807, 2.05) is 41.1 Å². The molecule has 2 heterocycles. The molecule has 0 aliphatic carbocycles. The van der Waals surface area contributed by atoms with Crippen LogP contribution in [0.5, 0.6) is 0 Å². The van der Waals surface area contributed by atoms with E-state index in [2.05, 4.69) is 9.97 Å². The molecular formula is C20H15Cl2N3O2. The van der Waals surface area contributed by atoms with Crippen molar-refractivity contribution in [1.82, 2.24) is 14.5 Å². The summed E-state index contributed by atoms with van der Waals surface area (Å²) in [7, 11) is 0. The third-order valence-corrected chi connectivity index (χ3v) is 5.08. The Morgan fingerprint density at radius 1 is 1.19 bits per heavy atom. The first-order chi connectivity index (χ1) is 13.0. The highest BCUT2D eigenvalue weighted by molar-refractivity contribution is 6.45. The molecule has 136 valence electrons. The molecule has 27 heavy (non-hydrogen) atoms. The summed E-state index contributed by atoms with van der Waals surface area (Å²) in [4.78, 5) is 20.0. The maximum Gasteiger partial charge on any atom is 0.355 e. The van der Waals surface area contributed by atoms with Gasteiger partial charge in [0.25, 0.3) is 0 Å². The van der Waals surface area contributed by atoms with Crippen LogP contribution in [-0.4, -0.2) is 20.5 Å². The van der Waals surface area contributed by atoms with Gasteiger partial charge < -0.3 is 14.3 Å². The number of hydrogen-bond donors (Lipinski definition) is 1. The van der Waals surface area contributed by atoms with Crippen LogP contribution in [0.1, 0.15) is 29.3 Å². The summed E-state index contributed by atoms with van der Waals surface area (Å²) < 4.78 is 7.50. The second kappa shape index (κ2) is 7.10. The van der Waals surface area contributed by atoms with Crippen LogP contribution in [0.4, 0.5) is 0 Å². The van der Waals surface area contributed by atoms with Crippen LogP contribution in [0.3, 0.4) is 0 Å². The van der Waals surface area contributed by atoms with E-state index in [-0.39, 0.29) is 0 Å². The summed E-state index contributed by atoms with van der Waals surface area (Å²) in [5.41, 5.74) is 1.97. The molecule has 0 aliphatic heterocycles. The fraction of sp³-hybridized carbons (Fsp3) is 0.100. The number of imidazole rings is 1. The highest BCUT2D eigenvalue weighted by Gasteiger charge is 2.20. The number of nitrogens with one attached hydrogen (secondary N) is 1. The van der Waals surface area contributed by atoms with Gasteiger partial charge in [0.05, 0.1) is 10.0 Å². The van der Waals surface area contributed by atoms with Crippen molar-refractivity contribution in [3.63, 3.8) is 0 Å². The highest BCUT2D eigenvalue weighted by Crippen LogP contribution is 2.31. The normalized spacial score (nSPS) is 12.3. The Balaban J connectivity index is 1.59. The van der Waals surface area contributed by atoms with Gasteiger partial charge in [-0.25, -0.2) is 9.78 Å². The third kappa shape index (κ3) is 3.31. The number of para-hydroxylation sites is 1. The largest absolute Gasteiger partial charge is 0.450 e. The van der Waals surface area contributed by atoms with Crippen LogP contribution >= 0.6 is 23.2 Å². The van der Waals surface area contributed by atoms with Crippen molar-refractivity contribution in [3.8, 4) is 5.69 Å². The lowest BCUT2D eigenvalue weighted by atomic mass is 10.2. The van der Waals surface area contributed by atoms with Crippen molar-refractivity contribution in [2.75, 3.05) is 0 Å². The number of esters is 1. The topological polar surface area (TPSA) is 59.9 Å². The smallest absolute Gasteiger partial charge is 0.355 e. The van der Waals surface area contributed by atoms with E-state index in [0.29, 0.717) is 26.9 Å². The number of hydrogen-bond acceptors (Lipinski definition) is 3. The molecule has 0 aliphatic rings. The standard InChI is InChI=1S/C20H15Cl2N3O2/c1-12(19-23-9-10-25(19)13-5-3-2-4-6-13)27-20(26)17-11-14-16(24-17)8-7-15(21)18(14)22/h2-12,24H,1H3. The van der Waals surface area contributed by atoms with Gasteiger partial charge in [-0.05, 0) is 37.3 Å². The minimum atomic E-state index is -0.543. The van der Waals surface area contributed by atoms with E-state index >= 15 is 0 Å². The summed E-state index contributed by atoms with van der Waals surface area (Å²) in [6.07, 6.45) is 2.97. The van der Waals surface area contributed by atoms with Gasteiger partial charge in [-0.1, -0.05) is 41.4 Å². The van der Waals surface area contributed by atoms with E-state index < -0.39 is 12.1 Å². The van der Waals surface area contributed by atoms with Crippen molar-refractivity contribution in [2.45, 2.75) is 13.0 Å². The summed E-state index contributed by atoms with van der Waals surface area (Å²) >= 11 is 12.2. The van der Waals surface area contributed by atoms with Gasteiger partial charge >= 0.3 is 5.97 Å². The first-order valence-electron chi connectivity index (χ1n) is 8.31. The van der Waals surface area contributed by atoms with Gasteiger partial charge in [0.2, 0.25) is 0 Å². The zero-order valence-corrected chi connectivity index (χ0v) is 15.8. The molecule has 4 aromatic rings. The molecule has 1 unspecified atom stereocenters. The lowest BCUT2D eigenvalue weighted by Gasteiger charge is -2.14. The third-order valence-electron chi connectivity index (χ3n) is 4.26. The van der Waals surface area contributed by atoms with E-state index in [1.165, 1.54) is 0 Å². The van der Waals surface area contributed by atoms with Crippen molar-refractivity contribution < 1.29 is 9.53 Å². The predicted octanol–water partition coefficient (Wildman–Crippen LogP) is 5.58. The number of fused-ring (bicyclic) bond motifs is 1. The van der Waals surface area contributed by atoms with Crippen LogP contribution in [0.15, 0.2) is 60.9 Å². The van der Waals surface area contributed by atoms with Crippen molar-refractivity contribution in [1.29, 1.82) is 0 Å². The van der Waals surface area contributed by atoms with Crippen molar-refractivity contribution in [2.24, 2.45) is 0 Å². The number of aromatic amines is 1. The van der Waals surface area contributed by atoms with Gasteiger partial charge in [-0.2, -0.15) is 0 Å². The molecule has 5 nitrogen and oxygen atoms in total. The molecule has 0 fully saturated rings. The Labute approximate surface area is 165 Å². The Morgan fingerprint density at radius 3 is 2.74 bits per heavy atom. The van der Waals surface area contributed by atoms with E-state index in [4.69, 9.17) is 27.9 Å². The molecule has 2 aromatic heterocycles. The van der Waals surface area contributed by atoms with Gasteiger partial charge in [-0.3, -0.25) is 0 Å². The molecule has 0 radical (unpaired) electrons. The minimum absolute atomic E-state index is 0.304. The molecule has 0 amide bonds. The summed E-state index contributed by atoms with van der Waals surface area (Å²) in [5, 5.41) is 1.51. The minimum Gasteiger partial charge on any atom is -0.450 e. The Bertz CT molecular complexity index is 1120. The molecule has 7 heteroatoms. The quantitative estimate of drug-likeness (QED) is 0.455. The monoisotopic (exact) mass is 399 g/mol. The fourth-order valence-corrected chi connectivity index (χ4v) is 3.34. The lowest BCUT2D eigenvalue weighted by molar-refractivity contribution is 0.0311. The number of halogens is 2. The van der Waals surface area contributed by atoms with E-state index in [0.717, 1.165) is 11.2 Å². The van der Waals surface area contributed by atoms with E-state index in [9.17, 15) is 4.79 Å². The Morgan fingerprint density at radius 2 is 1.96 bits per heavy atom. The van der Waals surface area contributed by atoms with Crippen LogP contribution in [0.2, 0.25) is 10.0 Å². The average Bonchev–Trinajstić information content (AvgIpc) is 3.33. The Hall–Kier alpha value is -2.76. The second-order valence-corrected chi connectivity index (χ2v) is 6.83. The number of benzene rings is 2. The van der Waals surface area contributed by atoms with Gasteiger partial charge in [-0.15, -0.1) is 0 Å². The molecular weight excluding hydrogens is 385 g/mol. The number of H-pyrrole nitrogens is 1. The maximum atomic E-state index is 12.6. The lowest BCUT2D eigenvalue weighted by Crippen LogP contribution is -2.13. The number of nitrogens with zero attached hydrogens (tertiary/aromatic N) is 2. The molecule has 0 bridgehead atoms. The molecule has 1 N–H and O–H groups in total. The predicted molar refractivity (Wildman–Crippen MR) is 106 cm³/mol. The average molecular weight is 400 g/mol. The molecule has 0 saturated heterocycles. The van der Waals surface area contributed by atoms with Gasteiger partial charge in [0.1, 0.15) is 5.69 Å². The van der Waals surface area contributed by atoms with Crippen molar-refractivity contribution >= 4 is 40.1 Å². The SMILES string of the molecule is CC(OC(=O)c1cc2c(Cl)c(Cl)ccc2[nH]1)c1nccn1-c1ccccc1. The maximum absolute atomic E-state index is 12.6. The second-order valence-electron chi connectivity index (χ2n) is 6.04. The number of carbonyl (C=O) groups is 1. The summed E-state index contributed by atoms with van der Waals surface area (Å²) in [6, 6.07) is 14.8. The van der Waals surface area contributed by atoms with Crippen molar-refractivity contribution in [3.05, 3.63) is 82.5 Å². The summed E-state index contributed by atoms with van der Waals surface area (Å²) in [6.45, 7) is 1.78. The molecule has 0 saturated carbocycles. The van der Waals surface area contributed by atoms with Crippen LogP contribution in [-0.2, 0) is 4.74 Å². The van der Waals surface area contributed by atoms with Crippen LogP contribution < -0.4 is 0 Å². The van der Waals surface area contributed by atoms with Gasteiger partial charge in [0.15, 0.2) is 11.9 Å². The zero-order chi connectivity index (χ0) is 19.0. The van der Waals surface area contributed by atoms with E-state index in [1.54, 1.807) is 31.3 Å². The number of rotatable bonds is 4. The summed E-state index contributed by atoms with van der Waals surface area (Å²) in [5.74, 6) is 0.139. The molecule has 1 atom stereocenters. The highest BCUT2D eigenvalue weighted by atomic mass is 35.5. The number of aromatic nitrogens is 3. The molecule has 2 aromatic carbocycles. The zero-order valence-electron chi connectivity index (χ0n) is 14.3. The number of ether oxygens (including phenoxy) is 1.